The molecule has 156 valence electrons. The number of aliphatic hydroxyl groups is 1. The van der Waals surface area contributed by atoms with Gasteiger partial charge in [0.15, 0.2) is 11.5 Å². The summed E-state index contributed by atoms with van der Waals surface area (Å²) in [6, 6.07) is 7.16. The highest BCUT2D eigenvalue weighted by Gasteiger charge is 2.34. The Morgan fingerprint density at radius 2 is 1.93 bits per heavy atom. The number of benzene rings is 2. The lowest BCUT2D eigenvalue weighted by atomic mass is 9.85. The molecule has 3 rings (SSSR count). The molecule has 1 N–H and O–H groups in total. The largest absolute Gasteiger partial charge is 0.495 e. The first-order valence-electron chi connectivity index (χ1n) is 9.64. The van der Waals surface area contributed by atoms with E-state index in [9.17, 15) is 9.90 Å². The van der Waals surface area contributed by atoms with Gasteiger partial charge in [0.1, 0.15) is 23.7 Å². The van der Waals surface area contributed by atoms with Gasteiger partial charge >= 0.3 is 5.97 Å². The Hall–Kier alpha value is -2.73. The topological polar surface area (TPSA) is 74.2 Å². The molecule has 1 atom stereocenters. The van der Waals surface area contributed by atoms with Crippen LogP contribution in [0, 0.1) is 12.8 Å². The van der Waals surface area contributed by atoms with E-state index < -0.39 is 11.6 Å². The van der Waals surface area contributed by atoms with Gasteiger partial charge in [-0.25, -0.2) is 4.79 Å². The van der Waals surface area contributed by atoms with Crippen LogP contribution >= 0.6 is 0 Å². The normalized spacial score (nSPS) is 15.2. The van der Waals surface area contributed by atoms with Gasteiger partial charge in [0.25, 0.3) is 0 Å². The zero-order chi connectivity index (χ0) is 21.3. The van der Waals surface area contributed by atoms with Gasteiger partial charge in [-0.05, 0) is 56.0 Å². The van der Waals surface area contributed by atoms with Crippen molar-refractivity contribution in [3.63, 3.8) is 0 Å². The van der Waals surface area contributed by atoms with Gasteiger partial charge in [0.2, 0.25) is 0 Å². The van der Waals surface area contributed by atoms with Crippen LogP contribution in [0.25, 0.3) is 0 Å². The molecule has 2 aromatic rings. The van der Waals surface area contributed by atoms with Crippen LogP contribution in [0.1, 0.15) is 54.2 Å². The van der Waals surface area contributed by atoms with Crippen molar-refractivity contribution < 1.29 is 28.8 Å². The molecule has 1 unspecified atom stereocenters. The number of hydrogen-bond donors (Lipinski definition) is 1. The molecule has 0 aromatic heterocycles. The van der Waals surface area contributed by atoms with E-state index >= 15 is 0 Å². The number of rotatable bonds is 5. The summed E-state index contributed by atoms with van der Waals surface area (Å²) in [5, 5.41) is 11.1. The molecule has 1 heterocycles. The Balaban J connectivity index is 2.18. The van der Waals surface area contributed by atoms with Crippen LogP contribution in [-0.2, 0) is 16.9 Å². The molecular formula is C23H28O6. The van der Waals surface area contributed by atoms with Crippen LogP contribution in [0.2, 0.25) is 0 Å². The standard InChI is InChI=1S/C23H28O6/c1-13(2)11-23(4,25)16-7-8-17-19(21(16)27-6)22(24)28-12-15-9-14(3)10-18(26-5)20(15)29-17/h7-10,13,25H,11-12H2,1-6H3. The van der Waals surface area contributed by atoms with E-state index in [0.717, 1.165) is 11.1 Å². The molecule has 0 aliphatic carbocycles. The Labute approximate surface area is 171 Å². The van der Waals surface area contributed by atoms with Crippen molar-refractivity contribution in [3.05, 3.63) is 46.5 Å². The highest BCUT2D eigenvalue weighted by molar-refractivity contribution is 5.96. The SMILES string of the molecule is COc1cc(C)cc2c1Oc1ccc(C(C)(O)CC(C)C)c(OC)c1C(=O)OC2. The number of aryl methyl sites for hydroxylation is 1. The number of fused-ring (bicyclic) bond motifs is 2. The molecule has 0 bridgehead atoms. The van der Waals surface area contributed by atoms with Crippen LogP contribution in [-0.4, -0.2) is 25.3 Å². The van der Waals surface area contributed by atoms with Crippen LogP contribution in [0.3, 0.4) is 0 Å². The van der Waals surface area contributed by atoms with Crippen LogP contribution in [0.5, 0.6) is 23.0 Å². The van der Waals surface area contributed by atoms with E-state index in [2.05, 4.69) is 0 Å². The molecule has 29 heavy (non-hydrogen) atoms. The van der Waals surface area contributed by atoms with Gasteiger partial charge in [0.05, 0.1) is 19.8 Å². The molecular weight excluding hydrogens is 372 g/mol. The van der Waals surface area contributed by atoms with Crippen LogP contribution in [0.4, 0.5) is 0 Å². The molecule has 0 spiro atoms. The highest BCUT2D eigenvalue weighted by atomic mass is 16.6. The molecule has 0 radical (unpaired) electrons. The summed E-state index contributed by atoms with van der Waals surface area (Å²) in [6.07, 6.45) is 0.508. The number of cyclic esters (lactones) is 1. The number of methoxy groups -OCH3 is 2. The lowest BCUT2D eigenvalue weighted by molar-refractivity contribution is 0.0317. The second kappa shape index (κ2) is 7.95. The third-order valence-corrected chi connectivity index (χ3v) is 4.98. The predicted molar refractivity (Wildman–Crippen MR) is 109 cm³/mol. The molecule has 0 amide bonds. The predicted octanol–water partition coefficient (Wildman–Crippen LogP) is 4.73. The monoisotopic (exact) mass is 400 g/mol. The highest BCUT2D eigenvalue weighted by Crippen LogP contribution is 2.45. The van der Waals surface area contributed by atoms with E-state index in [-0.39, 0.29) is 23.8 Å². The summed E-state index contributed by atoms with van der Waals surface area (Å²) in [6.45, 7) is 7.74. The van der Waals surface area contributed by atoms with E-state index in [1.165, 1.54) is 7.11 Å². The average molecular weight is 400 g/mol. The summed E-state index contributed by atoms with van der Waals surface area (Å²) in [7, 11) is 3.03. The van der Waals surface area contributed by atoms with Gasteiger partial charge in [-0.15, -0.1) is 0 Å². The Morgan fingerprint density at radius 1 is 1.21 bits per heavy atom. The van der Waals surface area contributed by atoms with Crippen molar-refractivity contribution in [2.45, 2.75) is 46.3 Å². The zero-order valence-electron chi connectivity index (χ0n) is 17.8. The minimum absolute atomic E-state index is 0.0431. The maximum absolute atomic E-state index is 12.9. The molecule has 0 fully saturated rings. The van der Waals surface area contributed by atoms with E-state index in [1.807, 2.05) is 32.9 Å². The third kappa shape index (κ3) is 4.03. The first kappa shape index (κ1) is 21.0. The lowest BCUT2D eigenvalue weighted by Crippen LogP contribution is -2.25. The van der Waals surface area contributed by atoms with Crippen molar-refractivity contribution >= 4 is 5.97 Å². The van der Waals surface area contributed by atoms with E-state index in [4.69, 9.17) is 18.9 Å². The molecule has 0 saturated carbocycles. The second-order valence-electron chi connectivity index (χ2n) is 8.02. The third-order valence-electron chi connectivity index (χ3n) is 4.98. The van der Waals surface area contributed by atoms with Gasteiger partial charge in [-0.3, -0.25) is 0 Å². The van der Waals surface area contributed by atoms with E-state index in [1.54, 1.807) is 26.2 Å². The van der Waals surface area contributed by atoms with Gasteiger partial charge < -0.3 is 24.1 Å². The Morgan fingerprint density at radius 3 is 2.55 bits per heavy atom. The smallest absolute Gasteiger partial charge is 0.346 e. The van der Waals surface area contributed by atoms with E-state index in [0.29, 0.717) is 29.2 Å². The number of ether oxygens (including phenoxy) is 4. The maximum atomic E-state index is 12.9. The van der Waals surface area contributed by atoms with Crippen LogP contribution < -0.4 is 14.2 Å². The molecule has 6 heteroatoms. The first-order chi connectivity index (χ1) is 13.7. The van der Waals surface area contributed by atoms with Crippen molar-refractivity contribution in [1.29, 1.82) is 0 Å². The Kier molecular flexibility index (Phi) is 5.75. The quantitative estimate of drug-likeness (QED) is 0.732. The second-order valence-corrected chi connectivity index (χ2v) is 8.02. The molecule has 1 aliphatic rings. The molecule has 2 aromatic carbocycles. The van der Waals surface area contributed by atoms with Crippen molar-refractivity contribution in [2.75, 3.05) is 14.2 Å². The number of carbonyl (C=O) groups is 1. The summed E-state index contributed by atoms with van der Waals surface area (Å²) in [5.74, 6) is 1.28. The zero-order valence-corrected chi connectivity index (χ0v) is 17.8. The Bertz CT molecular complexity index is 929. The fraction of sp³-hybridized carbons (Fsp3) is 0.435. The minimum Gasteiger partial charge on any atom is -0.495 e. The van der Waals surface area contributed by atoms with Gasteiger partial charge in [0, 0.05) is 11.1 Å². The fourth-order valence-corrected chi connectivity index (χ4v) is 3.90. The maximum Gasteiger partial charge on any atom is 0.346 e. The summed E-state index contributed by atoms with van der Waals surface area (Å²) in [4.78, 5) is 12.9. The van der Waals surface area contributed by atoms with Gasteiger partial charge in [-0.1, -0.05) is 13.8 Å². The molecule has 0 saturated heterocycles. The van der Waals surface area contributed by atoms with Crippen LogP contribution in [0.15, 0.2) is 24.3 Å². The van der Waals surface area contributed by atoms with Crippen molar-refractivity contribution in [3.8, 4) is 23.0 Å². The molecule has 6 nitrogen and oxygen atoms in total. The lowest BCUT2D eigenvalue weighted by Gasteiger charge is -2.29. The fourth-order valence-electron chi connectivity index (χ4n) is 3.90. The summed E-state index contributed by atoms with van der Waals surface area (Å²) >= 11 is 0. The van der Waals surface area contributed by atoms with Crippen molar-refractivity contribution in [1.82, 2.24) is 0 Å². The number of carbonyl (C=O) groups excluding carboxylic acids is 1. The summed E-state index contributed by atoms with van der Waals surface area (Å²) in [5.41, 5.74) is 1.19. The minimum atomic E-state index is -1.18. The summed E-state index contributed by atoms with van der Waals surface area (Å²) < 4.78 is 22.7. The van der Waals surface area contributed by atoms with Gasteiger partial charge in [-0.2, -0.15) is 0 Å². The molecule has 1 aliphatic heterocycles. The van der Waals surface area contributed by atoms with Crippen molar-refractivity contribution in [2.24, 2.45) is 5.92 Å². The number of hydrogen-bond acceptors (Lipinski definition) is 6. The number of esters is 1. The average Bonchev–Trinajstić information content (AvgIpc) is 2.64. The first-order valence-corrected chi connectivity index (χ1v) is 9.64.